The van der Waals surface area contributed by atoms with E-state index in [1.165, 1.54) is 6.07 Å². The lowest BCUT2D eigenvalue weighted by Crippen LogP contribution is -2.28. The Morgan fingerprint density at radius 2 is 2.35 bits per heavy atom. The number of hydrogen-bond donors (Lipinski definition) is 0. The second-order valence-corrected chi connectivity index (χ2v) is 3.51. The molecule has 0 heterocycles. The van der Waals surface area contributed by atoms with Gasteiger partial charge >= 0.3 is 0 Å². The number of benzene rings is 1. The zero-order chi connectivity index (χ0) is 12.7. The molecule has 0 N–H and O–H groups in total. The molecule has 90 valence electrons. The molecule has 1 aromatic carbocycles. The van der Waals surface area contributed by atoms with Crippen LogP contribution in [0.15, 0.2) is 30.9 Å². The summed E-state index contributed by atoms with van der Waals surface area (Å²) < 4.78 is 18.7. The molecule has 0 aliphatic carbocycles. The van der Waals surface area contributed by atoms with Gasteiger partial charge in [-0.25, -0.2) is 4.39 Å². The molecule has 1 rings (SSSR count). The maximum Gasteiger partial charge on any atom is 0.147 e. The van der Waals surface area contributed by atoms with Crippen LogP contribution in [-0.2, 0) is 4.74 Å². The average molecular weight is 234 g/mol. The summed E-state index contributed by atoms with van der Waals surface area (Å²) in [5.74, 6) is -0.401. The van der Waals surface area contributed by atoms with Crippen molar-refractivity contribution in [3.63, 3.8) is 0 Å². The van der Waals surface area contributed by atoms with Gasteiger partial charge < -0.3 is 9.64 Å². The van der Waals surface area contributed by atoms with Gasteiger partial charge in [0.2, 0.25) is 0 Å². The molecule has 0 atom stereocenters. The zero-order valence-electron chi connectivity index (χ0n) is 9.82. The van der Waals surface area contributed by atoms with Crippen LogP contribution in [0.4, 0.5) is 10.1 Å². The van der Waals surface area contributed by atoms with Gasteiger partial charge in [0.15, 0.2) is 0 Å². The number of nitrogens with zero attached hydrogens (tertiary/aromatic N) is 2. The van der Waals surface area contributed by atoms with Crippen molar-refractivity contribution in [2.75, 3.05) is 31.7 Å². The molecule has 0 saturated heterocycles. The molecule has 17 heavy (non-hydrogen) atoms. The number of halogens is 1. The lowest BCUT2D eigenvalue weighted by atomic mass is 10.2. The van der Waals surface area contributed by atoms with Gasteiger partial charge in [0, 0.05) is 20.2 Å². The topological polar surface area (TPSA) is 36.3 Å². The molecule has 4 heteroatoms. The van der Waals surface area contributed by atoms with Crippen molar-refractivity contribution in [1.82, 2.24) is 0 Å². The fourth-order valence-corrected chi connectivity index (χ4v) is 1.50. The van der Waals surface area contributed by atoms with Crippen LogP contribution in [0.25, 0.3) is 0 Å². The van der Waals surface area contributed by atoms with Crippen LogP contribution < -0.4 is 4.90 Å². The molecule has 3 nitrogen and oxygen atoms in total. The van der Waals surface area contributed by atoms with E-state index in [9.17, 15) is 4.39 Å². The number of nitriles is 1. The van der Waals surface area contributed by atoms with Gasteiger partial charge in [-0.3, -0.25) is 0 Å². The van der Waals surface area contributed by atoms with Crippen LogP contribution in [0.3, 0.4) is 0 Å². The average Bonchev–Trinajstić information content (AvgIpc) is 2.34. The summed E-state index contributed by atoms with van der Waals surface area (Å²) in [6.45, 7) is 5.26. The maximum atomic E-state index is 13.8. The fraction of sp³-hybridized carbons (Fsp3) is 0.308. The van der Waals surface area contributed by atoms with Crippen LogP contribution in [0.2, 0.25) is 0 Å². The highest BCUT2D eigenvalue weighted by atomic mass is 19.1. The SMILES string of the molecule is C=CCN(CCOC)c1ccc(C#N)cc1F. The van der Waals surface area contributed by atoms with E-state index in [-0.39, 0.29) is 0 Å². The van der Waals surface area contributed by atoms with Gasteiger partial charge in [-0.1, -0.05) is 6.08 Å². The predicted molar refractivity (Wildman–Crippen MR) is 65.4 cm³/mol. The molecule has 0 aliphatic rings. The molecule has 1 aromatic rings. The minimum absolute atomic E-state index is 0.316. The standard InChI is InChI=1S/C13H15FN2O/c1-3-6-16(7-8-17-2)13-5-4-11(10-15)9-12(13)14/h3-5,9H,1,6-8H2,2H3. The Hall–Kier alpha value is -1.86. The summed E-state index contributed by atoms with van der Waals surface area (Å²) in [7, 11) is 1.60. The Balaban J connectivity index is 2.93. The highest BCUT2D eigenvalue weighted by Gasteiger charge is 2.10. The molecule has 0 saturated carbocycles. The van der Waals surface area contributed by atoms with E-state index >= 15 is 0 Å². The number of rotatable bonds is 6. The van der Waals surface area contributed by atoms with Crippen molar-refractivity contribution in [3.8, 4) is 6.07 Å². The van der Waals surface area contributed by atoms with Gasteiger partial charge in [0.05, 0.1) is 23.9 Å². The third-order valence-electron chi connectivity index (χ3n) is 2.33. The summed E-state index contributed by atoms with van der Waals surface area (Å²) in [5.41, 5.74) is 0.775. The number of ether oxygens (including phenoxy) is 1. The summed E-state index contributed by atoms with van der Waals surface area (Å²) >= 11 is 0. The van der Waals surface area contributed by atoms with E-state index in [4.69, 9.17) is 10.00 Å². The fourth-order valence-electron chi connectivity index (χ4n) is 1.50. The third-order valence-corrected chi connectivity index (χ3v) is 2.33. The van der Waals surface area contributed by atoms with Crippen LogP contribution >= 0.6 is 0 Å². The largest absolute Gasteiger partial charge is 0.383 e. The van der Waals surface area contributed by atoms with Crippen molar-refractivity contribution >= 4 is 5.69 Å². The second-order valence-electron chi connectivity index (χ2n) is 3.51. The monoisotopic (exact) mass is 234 g/mol. The lowest BCUT2D eigenvalue weighted by Gasteiger charge is -2.23. The second kappa shape index (κ2) is 6.66. The molecule has 0 spiro atoms. The maximum absolute atomic E-state index is 13.8. The van der Waals surface area contributed by atoms with E-state index in [0.717, 1.165) is 0 Å². The van der Waals surface area contributed by atoms with Crippen LogP contribution in [0.1, 0.15) is 5.56 Å². The van der Waals surface area contributed by atoms with Gasteiger partial charge in [0.25, 0.3) is 0 Å². The van der Waals surface area contributed by atoms with Gasteiger partial charge in [-0.2, -0.15) is 5.26 Å². The van der Waals surface area contributed by atoms with Gasteiger partial charge in [-0.05, 0) is 18.2 Å². The molecule has 0 radical (unpaired) electrons. The Morgan fingerprint density at radius 1 is 1.59 bits per heavy atom. The first kappa shape index (κ1) is 13.2. The Morgan fingerprint density at radius 3 is 2.88 bits per heavy atom. The number of methoxy groups -OCH3 is 1. The number of anilines is 1. The minimum Gasteiger partial charge on any atom is -0.383 e. The predicted octanol–water partition coefficient (Wildman–Crippen LogP) is 2.34. The van der Waals surface area contributed by atoms with Crippen molar-refractivity contribution in [1.29, 1.82) is 5.26 Å². The normalized spacial score (nSPS) is 9.71. The van der Waals surface area contributed by atoms with E-state index in [1.54, 1.807) is 25.3 Å². The number of hydrogen-bond acceptors (Lipinski definition) is 3. The Labute approximate surface area is 101 Å². The minimum atomic E-state index is -0.401. The van der Waals surface area contributed by atoms with Crippen LogP contribution in [-0.4, -0.2) is 26.8 Å². The van der Waals surface area contributed by atoms with Crippen molar-refractivity contribution < 1.29 is 9.13 Å². The molecular weight excluding hydrogens is 219 g/mol. The van der Waals surface area contributed by atoms with Gasteiger partial charge in [-0.15, -0.1) is 6.58 Å². The van der Waals surface area contributed by atoms with Crippen LogP contribution in [0.5, 0.6) is 0 Å². The van der Waals surface area contributed by atoms with Crippen LogP contribution in [0, 0.1) is 17.1 Å². The summed E-state index contributed by atoms with van der Waals surface area (Å²) in [5, 5.41) is 8.67. The molecule has 0 amide bonds. The third kappa shape index (κ3) is 3.58. The smallest absolute Gasteiger partial charge is 0.147 e. The molecule has 0 aliphatic heterocycles. The van der Waals surface area contributed by atoms with Gasteiger partial charge in [0.1, 0.15) is 5.82 Å². The Kier molecular flexibility index (Phi) is 5.18. The quantitative estimate of drug-likeness (QED) is 0.709. The Bertz CT molecular complexity index is 426. The van der Waals surface area contributed by atoms with E-state index in [2.05, 4.69) is 6.58 Å². The van der Waals surface area contributed by atoms with E-state index in [1.807, 2.05) is 11.0 Å². The van der Waals surface area contributed by atoms with E-state index < -0.39 is 5.82 Å². The van der Waals surface area contributed by atoms with E-state index in [0.29, 0.717) is 30.9 Å². The van der Waals surface area contributed by atoms with Crippen molar-refractivity contribution in [3.05, 3.63) is 42.2 Å². The summed E-state index contributed by atoms with van der Waals surface area (Å²) in [4.78, 5) is 1.81. The molecular formula is C13H15FN2O. The lowest BCUT2D eigenvalue weighted by molar-refractivity contribution is 0.205. The van der Waals surface area contributed by atoms with Crippen molar-refractivity contribution in [2.24, 2.45) is 0 Å². The molecule has 0 fully saturated rings. The first-order valence-corrected chi connectivity index (χ1v) is 5.27. The molecule has 0 unspecified atom stereocenters. The molecule has 0 aromatic heterocycles. The highest BCUT2D eigenvalue weighted by Crippen LogP contribution is 2.20. The first-order valence-electron chi connectivity index (χ1n) is 5.27. The highest BCUT2D eigenvalue weighted by molar-refractivity contribution is 5.51. The summed E-state index contributed by atoms with van der Waals surface area (Å²) in [6, 6.07) is 6.34. The molecule has 0 bridgehead atoms. The van der Waals surface area contributed by atoms with Crippen molar-refractivity contribution in [2.45, 2.75) is 0 Å². The first-order chi connectivity index (χ1) is 8.22. The summed E-state index contributed by atoms with van der Waals surface area (Å²) in [6.07, 6.45) is 1.70. The zero-order valence-corrected chi connectivity index (χ0v) is 9.82.